The maximum absolute atomic E-state index is 12.2. The average Bonchev–Trinajstić information content (AvgIpc) is 2.65. The Labute approximate surface area is 99.8 Å². The summed E-state index contributed by atoms with van der Waals surface area (Å²) in [6.45, 7) is 0.226. The zero-order chi connectivity index (χ0) is 13.1. The second-order valence-electron chi connectivity index (χ2n) is 3.39. The Hall–Kier alpha value is -1.38. The molecule has 17 heavy (non-hydrogen) atoms. The van der Waals surface area contributed by atoms with E-state index in [4.69, 9.17) is 0 Å². The maximum Gasteiger partial charge on any atom is 0.452 e. The highest BCUT2D eigenvalue weighted by molar-refractivity contribution is 7.09. The van der Waals surface area contributed by atoms with E-state index in [2.05, 4.69) is 14.7 Å². The average molecular weight is 268 g/mol. The van der Waals surface area contributed by atoms with Gasteiger partial charge in [0.1, 0.15) is 0 Å². The standard InChI is InChI=1S/C8H11F3N4OS/c1-15(2)5(16)3-4-12-7-13-6(14-17-7)8(9,10)11/h3-4H2,1-2H3,(H,12,13,14). The summed E-state index contributed by atoms with van der Waals surface area (Å²) >= 11 is 0.619. The van der Waals surface area contributed by atoms with Crippen LogP contribution in [0, 0.1) is 0 Å². The summed E-state index contributed by atoms with van der Waals surface area (Å²) in [4.78, 5) is 15.8. The molecule has 1 aromatic heterocycles. The lowest BCUT2D eigenvalue weighted by atomic mass is 10.4. The Balaban J connectivity index is 2.43. The van der Waals surface area contributed by atoms with Gasteiger partial charge < -0.3 is 10.2 Å². The summed E-state index contributed by atoms with van der Waals surface area (Å²) < 4.78 is 39.6. The summed E-state index contributed by atoms with van der Waals surface area (Å²) in [6, 6.07) is 0. The molecule has 0 saturated carbocycles. The van der Waals surface area contributed by atoms with Crippen LogP contribution in [0.4, 0.5) is 18.3 Å². The van der Waals surface area contributed by atoms with Gasteiger partial charge in [0.2, 0.25) is 16.9 Å². The monoisotopic (exact) mass is 268 g/mol. The van der Waals surface area contributed by atoms with Crippen LogP contribution in [0.5, 0.6) is 0 Å². The fourth-order valence-corrected chi connectivity index (χ4v) is 1.52. The van der Waals surface area contributed by atoms with E-state index >= 15 is 0 Å². The normalized spacial score (nSPS) is 11.4. The molecule has 1 heterocycles. The number of rotatable bonds is 4. The minimum atomic E-state index is -4.53. The molecule has 0 atom stereocenters. The number of halogens is 3. The van der Waals surface area contributed by atoms with Gasteiger partial charge in [0.05, 0.1) is 0 Å². The summed E-state index contributed by atoms with van der Waals surface area (Å²) in [6.07, 6.45) is -4.34. The van der Waals surface area contributed by atoms with Crippen molar-refractivity contribution in [1.82, 2.24) is 14.3 Å². The van der Waals surface area contributed by atoms with Crippen LogP contribution in [0.15, 0.2) is 0 Å². The molecule has 0 aliphatic carbocycles. The van der Waals surface area contributed by atoms with E-state index in [9.17, 15) is 18.0 Å². The molecule has 0 aliphatic rings. The molecule has 9 heteroatoms. The number of anilines is 1. The number of alkyl halides is 3. The Morgan fingerprint density at radius 2 is 2.12 bits per heavy atom. The van der Waals surface area contributed by atoms with Crippen LogP contribution >= 0.6 is 11.5 Å². The minimum absolute atomic E-state index is 0.0591. The van der Waals surface area contributed by atoms with Gasteiger partial charge in [0.15, 0.2) is 0 Å². The molecule has 0 aliphatic heterocycles. The van der Waals surface area contributed by atoms with E-state index in [1.54, 1.807) is 14.1 Å². The highest BCUT2D eigenvalue weighted by Gasteiger charge is 2.36. The zero-order valence-electron chi connectivity index (χ0n) is 9.21. The fourth-order valence-electron chi connectivity index (χ4n) is 0.910. The van der Waals surface area contributed by atoms with Crippen molar-refractivity contribution in [1.29, 1.82) is 0 Å². The van der Waals surface area contributed by atoms with Crippen LogP contribution in [-0.2, 0) is 11.0 Å². The van der Waals surface area contributed by atoms with Gasteiger partial charge in [0, 0.05) is 38.6 Å². The van der Waals surface area contributed by atoms with Crippen molar-refractivity contribution in [2.45, 2.75) is 12.6 Å². The largest absolute Gasteiger partial charge is 0.452 e. The van der Waals surface area contributed by atoms with Gasteiger partial charge in [-0.2, -0.15) is 22.5 Å². The van der Waals surface area contributed by atoms with Gasteiger partial charge in [-0.1, -0.05) is 0 Å². The summed E-state index contributed by atoms with van der Waals surface area (Å²) in [5.41, 5.74) is 0. The lowest BCUT2D eigenvalue weighted by molar-refractivity contribution is -0.144. The molecule has 5 nitrogen and oxygen atoms in total. The van der Waals surface area contributed by atoms with Gasteiger partial charge in [-0.3, -0.25) is 4.79 Å². The van der Waals surface area contributed by atoms with Crippen LogP contribution in [0.25, 0.3) is 0 Å². The summed E-state index contributed by atoms with van der Waals surface area (Å²) in [7, 11) is 3.21. The second-order valence-corrected chi connectivity index (χ2v) is 4.14. The smallest absolute Gasteiger partial charge is 0.360 e. The molecule has 1 rings (SSSR count). The number of nitrogens with zero attached hydrogens (tertiary/aromatic N) is 3. The highest BCUT2D eigenvalue weighted by Crippen LogP contribution is 2.28. The lowest BCUT2D eigenvalue weighted by Gasteiger charge is -2.09. The first-order chi connectivity index (χ1) is 7.80. The van der Waals surface area contributed by atoms with Gasteiger partial charge in [-0.25, -0.2) is 0 Å². The Kier molecular flexibility index (Phi) is 4.27. The molecule has 0 spiro atoms. The van der Waals surface area contributed by atoms with Crippen molar-refractivity contribution < 1.29 is 18.0 Å². The minimum Gasteiger partial charge on any atom is -0.360 e. The van der Waals surface area contributed by atoms with Crippen LogP contribution in [0.2, 0.25) is 0 Å². The number of nitrogens with one attached hydrogen (secondary N) is 1. The predicted octanol–water partition coefficient (Wildman–Crippen LogP) is 1.45. The zero-order valence-corrected chi connectivity index (χ0v) is 10.0. The number of aromatic nitrogens is 2. The third-order valence-electron chi connectivity index (χ3n) is 1.79. The second kappa shape index (κ2) is 5.30. The van der Waals surface area contributed by atoms with Gasteiger partial charge in [-0.05, 0) is 0 Å². The Bertz CT molecular complexity index is 390. The number of carbonyl (C=O) groups excluding carboxylic acids is 1. The van der Waals surface area contributed by atoms with E-state index < -0.39 is 12.0 Å². The van der Waals surface area contributed by atoms with E-state index in [-0.39, 0.29) is 24.0 Å². The third-order valence-corrected chi connectivity index (χ3v) is 2.47. The van der Waals surface area contributed by atoms with Crippen LogP contribution < -0.4 is 5.32 Å². The molecule has 0 fully saturated rings. The molecule has 0 bridgehead atoms. The molecule has 0 radical (unpaired) electrons. The van der Waals surface area contributed by atoms with E-state index in [1.807, 2.05) is 0 Å². The van der Waals surface area contributed by atoms with Gasteiger partial charge >= 0.3 is 6.18 Å². The molecule has 96 valence electrons. The van der Waals surface area contributed by atoms with Crippen molar-refractivity contribution in [2.75, 3.05) is 26.0 Å². The van der Waals surface area contributed by atoms with Crippen molar-refractivity contribution in [3.63, 3.8) is 0 Å². The molecular formula is C8H11F3N4OS. The first-order valence-corrected chi connectivity index (χ1v) is 5.43. The van der Waals surface area contributed by atoms with E-state index in [0.29, 0.717) is 11.5 Å². The van der Waals surface area contributed by atoms with Crippen molar-refractivity contribution in [3.05, 3.63) is 5.82 Å². The number of amides is 1. The molecule has 1 amide bonds. The Morgan fingerprint density at radius 3 is 2.59 bits per heavy atom. The highest BCUT2D eigenvalue weighted by atomic mass is 32.1. The molecular weight excluding hydrogens is 257 g/mol. The van der Waals surface area contributed by atoms with Gasteiger partial charge in [-0.15, -0.1) is 0 Å². The van der Waals surface area contributed by atoms with Crippen LogP contribution in [-0.4, -0.2) is 40.8 Å². The lowest BCUT2D eigenvalue weighted by Crippen LogP contribution is -2.23. The number of hydrogen-bond acceptors (Lipinski definition) is 5. The quantitative estimate of drug-likeness (QED) is 0.898. The van der Waals surface area contributed by atoms with E-state index in [0.717, 1.165) is 0 Å². The molecule has 1 aromatic rings. The van der Waals surface area contributed by atoms with Crippen molar-refractivity contribution in [3.8, 4) is 0 Å². The first-order valence-electron chi connectivity index (χ1n) is 4.65. The number of carbonyl (C=O) groups is 1. The van der Waals surface area contributed by atoms with Crippen LogP contribution in [0.3, 0.4) is 0 Å². The fraction of sp³-hybridized carbons (Fsp3) is 0.625. The number of hydrogen-bond donors (Lipinski definition) is 1. The van der Waals surface area contributed by atoms with E-state index in [1.165, 1.54) is 4.90 Å². The predicted molar refractivity (Wildman–Crippen MR) is 56.7 cm³/mol. The Morgan fingerprint density at radius 1 is 1.47 bits per heavy atom. The molecule has 0 unspecified atom stereocenters. The maximum atomic E-state index is 12.2. The topological polar surface area (TPSA) is 58.1 Å². The first kappa shape index (κ1) is 13.7. The molecule has 0 saturated heterocycles. The summed E-state index contributed by atoms with van der Waals surface area (Å²) in [5.74, 6) is -1.28. The SMILES string of the molecule is CN(C)C(=O)CCNc1nc(C(F)(F)F)ns1. The summed E-state index contributed by atoms with van der Waals surface area (Å²) in [5, 5.41) is 2.68. The molecule has 0 aromatic carbocycles. The van der Waals surface area contributed by atoms with Gasteiger partial charge in [0.25, 0.3) is 0 Å². The van der Waals surface area contributed by atoms with Crippen LogP contribution in [0.1, 0.15) is 12.2 Å². The molecule has 1 N–H and O–H groups in total. The third kappa shape index (κ3) is 4.17. The van der Waals surface area contributed by atoms with Crippen molar-refractivity contribution in [2.24, 2.45) is 0 Å². The van der Waals surface area contributed by atoms with Crippen molar-refractivity contribution >= 4 is 22.6 Å².